The first-order valence-corrected chi connectivity index (χ1v) is 57.2. The molecule has 12 aromatic carbocycles. The van der Waals surface area contributed by atoms with Crippen molar-refractivity contribution in [1.82, 2.24) is 0 Å². The molecule has 0 aromatic heterocycles. The smallest absolute Gasteiger partial charge is 0.511 e. The molecule has 1 heterocycles. The van der Waals surface area contributed by atoms with Crippen molar-refractivity contribution in [1.29, 1.82) is 0 Å². The summed E-state index contributed by atoms with van der Waals surface area (Å²) >= 11 is -0.295. The fourth-order valence-corrected chi connectivity index (χ4v) is 24.1. The second-order valence-electron chi connectivity index (χ2n) is 32.0. The molecule has 18 nitrogen and oxygen atoms in total. The Bertz CT molecular complexity index is 5290. The Hall–Kier alpha value is -8.99. The van der Waals surface area contributed by atoms with E-state index < -0.39 is 50.2 Å². The summed E-state index contributed by atoms with van der Waals surface area (Å²) < 4.78 is 150. The summed E-state index contributed by atoms with van der Waals surface area (Å²) in [5.74, 6) is 4.77. The van der Waals surface area contributed by atoms with Gasteiger partial charge in [-0.15, -0.1) is 0 Å². The molecule has 130 heavy (non-hydrogen) atoms. The van der Waals surface area contributed by atoms with Crippen molar-refractivity contribution in [2.75, 3.05) is 13.4 Å². The molecule has 0 aliphatic carbocycles. The fourth-order valence-electron chi connectivity index (χ4n) is 12.7. The lowest BCUT2D eigenvalue weighted by atomic mass is 9.98. The number of ether oxygens (including phenoxy) is 8. The Morgan fingerprint density at radius 3 is 0.946 bits per heavy atom. The lowest BCUT2D eigenvalue weighted by Gasteiger charge is -2.28. The maximum Gasteiger partial charge on any atom is 0.511 e. The van der Waals surface area contributed by atoms with Crippen LogP contribution in [0.4, 0.5) is 4.79 Å². The molecule has 1 aliphatic rings. The molecular weight excluding hydrogens is 2050 g/mol. The van der Waals surface area contributed by atoms with Crippen LogP contribution in [0.2, 0.25) is 18.1 Å². The Morgan fingerprint density at radius 2 is 0.662 bits per heavy atom. The van der Waals surface area contributed by atoms with E-state index in [2.05, 4.69) is 232 Å². The summed E-state index contributed by atoms with van der Waals surface area (Å²) in [6.45, 7) is 27.4. The van der Waals surface area contributed by atoms with Gasteiger partial charge in [-0.3, -0.25) is 0 Å². The molecule has 0 radical (unpaired) electrons. The summed E-state index contributed by atoms with van der Waals surface area (Å²) in [7, 11) is -14.3. The average Bonchev–Trinajstić information content (AvgIpc) is 0.872. The van der Waals surface area contributed by atoms with Gasteiger partial charge in [-0.2, -0.15) is 0 Å². The van der Waals surface area contributed by atoms with Crippen LogP contribution in [-0.2, 0) is 70.4 Å². The van der Waals surface area contributed by atoms with Gasteiger partial charge in [0.25, 0.3) is 0 Å². The molecule has 0 N–H and O–H groups in total. The largest absolute Gasteiger partial charge is 0.744 e. The number of halogens is 3. The van der Waals surface area contributed by atoms with Crippen molar-refractivity contribution >= 4 is 44.6 Å². The number of hydrogen-bond donors (Lipinski definition) is 0. The molecule has 13 rings (SSSR count). The van der Waals surface area contributed by atoms with Gasteiger partial charge in [0, 0.05) is 6.42 Å². The average molecular weight is 2180 g/mol. The third kappa shape index (κ3) is 39.4. The lowest BCUT2D eigenvalue weighted by Crippen LogP contribution is -3.61. The molecule has 12 aromatic rings. The van der Waals surface area contributed by atoms with Gasteiger partial charge in [0.2, 0.25) is 6.79 Å². The molecule has 0 spiro atoms. The molecule has 1 fully saturated rings. The minimum Gasteiger partial charge on any atom is -0.744 e. The Kier molecular flexibility index (Phi) is 44.9. The maximum absolute atomic E-state index is 11.4. The van der Waals surface area contributed by atoms with Gasteiger partial charge in [-0.1, -0.05) is 226 Å². The molecule has 0 amide bonds. The molecule has 1 saturated heterocycles. The number of benzene rings is 12. The number of carbonyl (C=O) groups excluding carboxylic acids is 1. The summed E-state index contributed by atoms with van der Waals surface area (Å²) in [5.41, 5.74) is 8.00. The third-order valence-corrected chi connectivity index (χ3v) is 37.7. The van der Waals surface area contributed by atoms with Crippen LogP contribution in [0.1, 0.15) is 178 Å². The highest BCUT2D eigenvalue weighted by Crippen LogP contribution is 2.28. The first kappa shape index (κ1) is 106. The van der Waals surface area contributed by atoms with E-state index in [1.165, 1.54) is 142 Å². The van der Waals surface area contributed by atoms with Crippen LogP contribution >= 0.6 is 0 Å². The molecule has 4 atom stereocenters. The molecule has 0 saturated carbocycles. The number of rotatable bonds is 34. The second kappa shape index (κ2) is 54.9. The summed E-state index contributed by atoms with van der Waals surface area (Å²) in [5, 5.41) is 0. The van der Waals surface area contributed by atoms with Crippen LogP contribution in [0.5, 0.6) is 28.7 Å². The molecule has 4 unspecified atom stereocenters. The number of carbonyl (C=O) groups is 1. The van der Waals surface area contributed by atoms with E-state index in [1.807, 2.05) is 66.7 Å². The Balaban J connectivity index is 0.000000193. The summed E-state index contributed by atoms with van der Waals surface area (Å²) in [4.78, 5) is 10.6. The van der Waals surface area contributed by atoms with Crippen LogP contribution < -0.4 is 87.3 Å². The SMILES string of the molecule is CC(C)(C)OC(=O)OCOc1ccc([I+]c2ccccc2)cc1.CCC(C)c1ccc(COc2ccc(S(=O)(=O)[O-])cc2)cc1.CCC(C)c1ccc(COc2ccc(S(=O)(=O)[O-])cc2)cc1.CCC(C)c1ccc(COc2ccc(S(=O)(=O)[O-])cc2)cc1.CC[Si](CC)(CC)Cc1ccc([I+]c2ccccc2)cc1.c1ccc([I+]c2ccc(OC3CCCCO3)cc2)cc1. The van der Waals surface area contributed by atoms with Crippen molar-refractivity contribution in [2.24, 2.45) is 0 Å². The van der Waals surface area contributed by atoms with E-state index in [0.29, 0.717) is 60.6 Å². The zero-order chi connectivity index (χ0) is 94.0. The van der Waals surface area contributed by atoms with E-state index in [4.69, 9.17) is 37.9 Å². The van der Waals surface area contributed by atoms with Crippen LogP contribution in [0, 0.1) is 21.4 Å². The first-order valence-electron chi connectivity index (χ1n) is 43.7. The second-order valence-corrected chi connectivity index (χ2v) is 50.7. The quantitative estimate of drug-likeness (QED) is 0.0119. The van der Waals surface area contributed by atoms with Crippen molar-refractivity contribution in [2.45, 2.75) is 210 Å². The lowest BCUT2D eigenvalue weighted by molar-refractivity contribution is -0.597. The Labute approximate surface area is 804 Å². The predicted molar refractivity (Wildman–Crippen MR) is 500 cm³/mol. The minimum atomic E-state index is -4.41. The highest BCUT2D eigenvalue weighted by atomic mass is 127. The molecule has 25 heteroatoms. The van der Waals surface area contributed by atoms with Crippen LogP contribution in [0.3, 0.4) is 0 Å². The fraction of sp³-hybridized carbons (Fsp3) is 0.305. The highest BCUT2D eigenvalue weighted by molar-refractivity contribution is 7.86. The van der Waals surface area contributed by atoms with Gasteiger partial charge in [0.1, 0.15) is 84.5 Å². The molecule has 692 valence electrons. The van der Waals surface area contributed by atoms with Gasteiger partial charge in [0.05, 0.1) is 29.4 Å². The Morgan fingerprint density at radius 1 is 0.377 bits per heavy atom. The summed E-state index contributed by atoms with van der Waals surface area (Å²) in [6, 6.07) is 105. The number of hydrogen-bond acceptors (Lipinski definition) is 18. The van der Waals surface area contributed by atoms with Gasteiger partial charge in [0.15, 0.2) is 27.7 Å². The van der Waals surface area contributed by atoms with Crippen molar-refractivity contribution in [3.8, 4) is 28.7 Å². The molecule has 1 aliphatic heterocycles. The molecule has 0 bridgehead atoms. The minimum absolute atomic E-state index is 0.0182. The highest BCUT2D eigenvalue weighted by Gasteiger charge is 2.28. The zero-order valence-electron chi connectivity index (χ0n) is 76.1. The van der Waals surface area contributed by atoms with E-state index >= 15 is 0 Å². The van der Waals surface area contributed by atoms with Crippen molar-refractivity contribution in [3.63, 3.8) is 0 Å². The van der Waals surface area contributed by atoms with Crippen LogP contribution in [0.25, 0.3) is 0 Å². The van der Waals surface area contributed by atoms with E-state index in [-0.39, 0.29) is 91.4 Å². The first-order chi connectivity index (χ1) is 62.2. The van der Waals surface area contributed by atoms with Gasteiger partial charge in [-0.05, 0) is 280 Å². The summed E-state index contributed by atoms with van der Waals surface area (Å²) in [6.07, 6.45) is 5.87. The monoisotopic (exact) mass is 2170 g/mol. The molecular formula is C105H121I3O18S3Si. The van der Waals surface area contributed by atoms with Crippen molar-refractivity contribution < 1.29 is 145 Å². The van der Waals surface area contributed by atoms with Gasteiger partial charge in [-0.25, -0.2) is 30.0 Å². The van der Waals surface area contributed by atoms with E-state index in [0.717, 1.165) is 61.2 Å². The topological polar surface area (TPSA) is 263 Å². The van der Waals surface area contributed by atoms with E-state index in [9.17, 15) is 43.7 Å². The van der Waals surface area contributed by atoms with Gasteiger partial charge < -0.3 is 51.6 Å². The zero-order valence-corrected chi connectivity index (χ0v) is 86.0. The van der Waals surface area contributed by atoms with Crippen LogP contribution in [-0.4, -0.2) is 78.4 Å². The maximum atomic E-state index is 11.4. The van der Waals surface area contributed by atoms with E-state index in [1.54, 1.807) is 26.3 Å². The van der Waals surface area contributed by atoms with Crippen LogP contribution in [0.15, 0.2) is 324 Å². The third-order valence-electron chi connectivity index (χ3n) is 21.5. The van der Waals surface area contributed by atoms with Gasteiger partial charge >= 0.3 is 69.8 Å². The standard InChI is InChI=1S/C19H26ISi.C18H20IO4.C17H18IO2.3C17H20O4S/c1-4-21(5-2,6-3)16-17-12-14-19(15-13-17)20-18-10-8-7-9-11-18;1-18(2,3)23-17(20)22-13-21-16-11-9-15(10-12-16)19-14-7-5-4-6-8-14;1-2-6-14(7-3-1)18-15-9-11-16(12-10-15)20-17-8-4-5-13-19-17;3*1-3-13(2)15-6-4-14(5-7-15)12-21-16-8-10-17(11-9-16)22(18,19)20/h7-15H,4-6,16H2,1-3H3;4-12H,13H2,1-3H3;1-3,6-7,9-12,17H,4-5,8,13H2;3*4-11,13H,3,12H2,1-2H3,(H,18,19,20)/q3*+1;;;/p-3. The van der Waals surface area contributed by atoms with Crippen molar-refractivity contribution in [3.05, 3.63) is 370 Å². The normalized spacial score (nSPS) is 13.2. The predicted octanol–water partition coefficient (Wildman–Crippen LogP) is 15.3.